The highest BCUT2D eigenvalue weighted by Crippen LogP contribution is 2.29. The molecule has 0 radical (unpaired) electrons. The van der Waals surface area contributed by atoms with E-state index in [1.807, 2.05) is 35.2 Å². The van der Waals surface area contributed by atoms with Gasteiger partial charge in [-0.3, -0.25) is 9.59 Å². The number of aryl methyl sites for hydroxylation is 1. The standard InChI is InChI=1S/C24H29N3O2/c1-18-8-11-20-6-2-3-7-22(20)27(18)17-23(28)25-16-19-9-12-21(13-10-19)24(29)26-14-4-5-15-26/h2-3,6-7,9-10,12-13,18H,4-5,8,11,14-17H2,1H3,(H,25,28). The molecular weight excluding hydrogens is 362 g/mol. The molecule has 2 aliphatic heterocycles. The number of likely N-dealkylation sites (tertiary alicyclic amines) is 1. The molecule has 5 nitrogen and oxygen atoms in total. The predicted octanol–water partition coefficient (Wildman–Crippen LogP) is 3.38. The Labute approximate surface area is 172 Å². The lowest BCUT2D eigenvalue weighted by atomic mass is 9.96. The Balaban J connectivity index is 1.32. The molecule has 1 saturated heterocycles. The Bertz CT molecular complexity index is 872. The lowest BCUT2D eigenvalue weighted by molar-refractivity contribution is -0.120. The molecule has 0 bridgehead atoms. The summed E-state index contributed by atoms with van der Waals surface area (Å²) in [5.41, 5.74) is 4.21. The van der Waals surface area contributed by atoms with E-state index in [1.54, 1.807) is 0 Å². The molecule has 1 atom stereocenters. The van der Waals surface area contributed by atoms with E-state index in [1.165, 1.54) is 11.3 Å². The number of fused-ring (bicyclic) bond motifs is 1. The van der Waals surface area contributed by atoms with Crippen LogP contribution in [0.4, 0.5) is 5.69 Å². The number of nitrogens with one attached hydrogen (secondary N) is 1. The summed E-state index contributed by atoms with van der Waals surface area (Å²) in [6.07, 6.45) is 4.32. The Morgan fingerprint density at radius 2 is 1.76 bits per heavy atom. The monoisotopic (exact) mass is 391 g/mol. The van der Waals surface area contributed by atoms with Crippen molar-refractivity contribution in [3.05, 3.63) is 65.2 Å². The number of carbonyl (C=O) groups is 2. The minimum Gasteiger partial charge on any atom is -0.359 e. The summed E-state index contributed by atoms with van der Waals surface area (Å²) in [6.45, 7) is 4.73. The summed E-state index contributed by atoms with van der Waals surface area (Å²) in [5.74, 6) is 0.126. The molecule has 1 unspecified atom stereocenters. The molecule has 2 aliphatic rings. The summed E-state index contributed by atoms with van der Waals surface area (Å²) in [7, 11) is 0. The van der Waals surface area contributed by atoms with E-state index >= 15 is 0 Å². The second-order valence-electron chi connectivity index (χ2n) is 8.12. The van der Waals surface area contributed by atoms with Gasteiger partial charge in [0, 0.05) is 36.9 Å². The molecule has 0 saturated carbocycles. The van der Waals surface area contributed by atoms with E-state index in [4.69, 9.17) is 0 Å². The van der Waals surface area contributed by atoms with Crippen molar-refractivity contribution in [1.29, 1.82) is 0 Å². The normalized spacial score (nSPS) is 18.4. The van der Waals surface area contributed by atoms with Crippen molar-refractivity contribution in [2.75, 3.05) is 24.5 Å². The minimum atomic E-state index is 0.0192. The second-order valence-corrected chi connectivity index (χ2v) is 8.12. The molecule has 152 valence electrons. The van der Waals surface area contributed by atoms with Gasteiger partial charge in [0.1, 0.15) is 0 Å². The number of para-hydroxylation sites is 1. The lowest BCUT2D eigenvalue weighted by Crippen LogP contribution is -2.44. The zero-order valence-electron chi connectivity index (χ0n) is 17.1. The Kier molecular flexibility index (Phi) is 5.84. The van der Waals surface area contributed by atoms with Crippen molar-refractivity contribution >= 4 is 17.5 Å². The molecular formula is C24H29N3O2. The first-order chi connectivity index (χ1) is 14.1. The van der Waals surface area contributed by atoms with Crippen molar-refractivity contribution in [2.45, 2.75) is 45.2 Å². The molecule has 2 amide bonds. The third-order valence-electron chi connectivity index (χ3n) is 6.06. The van der Waals surface area contributed by atoms with E-state index in [0.29, 0.717) is 19.1 Å². The quantitative estimate of drug-likeness (QED) is 0.850. The van der Waals surface area contributed by atoms with E-state index in [9.17, 15) is 9.59 Å². The van der Waals surface area contributed by atoms with Crippen LogP contribution in [-0.4, -0.2) is 42.4 Å². The van der Waals surface area contributed by atoms with Crippen LogP contribution >= 0.6 is 0 Å². The van der Waals surface area contributed by atoms with Gasteiger partial charge >= 0.3 is 0 Å². The van der Waals surface area contributed by atoms with Gasteiger partial charge in [0.05, 0.1) is 6.54 Å². The fraction of sp³-hybridized carbons (Fsp3) is 0.417. The zero-order chi connectivity index (χ0) is 20.2. The van der Waals surface area contributed by atoms with Gasteiger partial charge in [0.2, 0.25) is 5.91 Å². The zero-order valence-corrected chi connectivity index (χ0v) is 17.1. The molecule has 4 rings (SSSR count). The largest absolute Gasteiger partial charge is 0.359 e. The number of carbonyl (C=O) groups excluding carboxylic acids is 2. The highest BCUT2D eigenvalue weighted by atomic mass is 16.2. The van der Waals surface area contributed by atoms with Gasteiger partial charge in [0.15, 0.2) is 0 Å². The topological polar surface area (TPSA) is 52.7 Å². The van der Waals surface area contributed by atoms with E-state index in [0.717, 1.165) is 49.9 Å². The molecule has 2 aromatic rings. The molecule has 0 aromatic heterocycles. The second kappa shape index (κ2) is 8.68. The number of anilines is 1. The van der Waals surface area contributed by atoms with Crippen molar-refractivity contribution < 1.29 is 9.59 Å². The van der Waals surface area contributed by atoms with Crippen molar-refractivity contribution in [1.82, 2.24) is 10.2 Å². The van der Waals surface area contributed by atoms with Crippen molar-refractivity contribution in [3.8, 4) is 0 Å². The SMILES string of the molecule is CC1CCc2ccccc2N1CC(=O)NCc1ccc(C(=O)N2CCCC2)cc1. The average molecular weight is 392 g/mol. The molecule has 5 heteroatoms. The van der Waals surface area contributed by atoms with E-state index in [2.05, 4.69) is 35.3 Å². The van der Waals surface area contributed by atoms with Crippen molar-refractivity contribution in [3.63, 3.8) is 0 Å². The molecule has 29 heavy (non-hydrogen) atoms. The Morgan fingerprint density at radius 3 is 2.52 bits per heavy atom. The van der Waals surface area contributed by atoms with E-state index in [-0.39, 0.29) is 11.8 Å². The van der Waals surface area contributed by atoms with Gasteiger partial charge in [0.25, 0.3) is 5.91 Å². The maximum absolute atomic E-state index is 12.6. The molecule has 0 aliphatic carbocycles. The highest BCUT2D eigenvalue weighted by molar-refractivity contribution is 5.94. The maximum atomic E-state index is 12.6. The Morgan fingerprint density at radius 1 is 1.03 bits per heavy atom. The third kappa shape index (κ3) is 4.44. The van der Waals surface area contributed by atoms with Gasteiger partial charge in [-0.05, 0) is 61.9 Å². The fourth-order valence-electron chi connectivity index (χ4n) is 4.28. The van der Waals surface area contributed by atoms with Crippen LogP contribution in [0.5, 0.6) is 0 Å². The van der Waals surface area contributed by atoms with Gasteiger partial charge < -0.3 is 15.1 Å². The fourth-order valence-corrected chi connectivity index (χ4v) is 4.28. The Hall–Kier alpha value is -2.82. The third-order valence-corrected chi connectivity index (χ3v) is 6.06. The van der Waals surface area contributed by atoms with Gasteiger partial charge in [-0.25, -0.2) is 0 Å². The summed E-state index contributed by atoms with van der Waals surface area (Å²) < 4.78 is 0. The number of benzene rings is 2. The van der Waals surface area contributed by atoms with Crippen LogP contribution in [0.2, 0.25) is 0 Å². The molecule has 2 aromatic carbocycles. The van der Waals surface area contributed by atoms with Crippen molar-refractivity contribution in [2.24, 2.45) is 0 Å². The van der Waals surface area contributed by atoms with Crippen LogP contribution in [-0.2, 0) is 17.8 Å². The first-order valence-electron chi connectivity index (χ1n) is 10.6. The first kappa shape index (κ1) is 19.5. The van der Waals surface area contributed by atoms with Gasteiger partial charge in [-0.1, -0.05) is 30.3 Å². The molecule has 0 spiro atoms. The first-order valence-corrected chi connectivity index (χ1v) is 10.6. The number of nitrogens with zero attached hydrogens (tertiary/aromatic N) is 2. The molecule has 1 N–H and O–H groups in total. The minimum absolute atomic E-state index is 0.0192. The number of rotatable bonds is 5. The highest BCUT2D eigenvalue weighted by Gasteiger charge is 2.24. The van der Waals surface area contributed by atoms with Crippen LogP contribution in [0.25, 0.3) is 0 Å². The van der Waals surface area contributed by atoms with Gasteiger partial charge in [-0.2, -0.15) is 0 Å². The smallest absolute Gasteiger partial charge is 0.253 e. The van der Waals surface area contributed by atoms with Crippen LogP contribution in [0, 0.1) is 0 Å². The van der Waals surface area contributed by atoms with Crippen LogP contribution < -0.4 is 10.2 Å². The lowest BCUT2D eigenvalue weighted by Gasteiger charge is -2.36. The average Bonchev–Trinajstić information content (AvgIpc) is 3.29. The number of hydrogen-bond acceptors (Lipinski definition) is 3. The maximum Gasteiger partial charge on any atom is 0.253 e. The summed E-state index contributed by atoms with van der Waals surface area (Å²) >= 11 is 0. The summed E-state index contributed by atoms with van der Waals surface area (Å²) in [4.78, 5) is 29.1. The van der Waals surface area contributed by atoms with E-state index < -0.39 is 0 Å². The summed E-state index contributed by atoms with van der Waals surface area (Å²) in [5, 5.41) is 3.03. The molecule has 1 fully saturated rings. The van der Waals surface area contributed by atoms with Crippen LogP contribution in [0.3, 0.4) is 0 Å². The predicted molar refractivity (Wildman–Crippen MR) is 115 cm³/mol. The summed E-state index contributed by atoms with van der Waals surface area (Å²) in [6, 6.07) is 16.3. The number of amides is 2. The van der Waals surface area contributed by atoms with Crippen LogP contribution in [0.15, 0.2) is 48.5 Å². The van der Waals surface area contributed by atoms with Gasteiger partial charge in [-0.15, -0.1) is 0 Å². The molecule has 2 heterocycles. The number of hydrogen-bond donors (Lipinski definition) is 1. The van der Waals surface area contributed by atoms with Crippen LogP contribution in [0.1, 0.15) is 47.7 Å².